The highest BCUT2D eigenvalue weighted by Crippen LogP contribution is 2.30. The predicted octanol–water partition coefficient (Wildman–Crippen LogP) is 3.34. The zero-order chi connectivity index (χ0) is 16.3. The maximum Gasteiger partial charge on any atom is 0.302 e. The molecule has 1 saturated carbocycles. The van der Waals surface area contributed by atoms with Crippen molar-refractivity contribution in [1.29, 1.82) is 0 Å². The predicted molar refractivity (Wildman–Crippen MR) is 93.8 cm³/mol. The number of ether oxygens (including phenoxy) is 1. The van der Waals surface area contributed by atoms with E-state index in [-0.39, 0.29) is 18.1 Å². The molecule has 0 saturated heterocycles. The molecule has 1 aliphatic rings. The molecular formula is C15H21Br2N3O2. The van der Waals surface area contributed by atoms with Gasteiger partial charge in [0.25, 0.3) is 0 Å². The van der Waals surface area contributed by atoms with E-state index >= 15 is 0 Å². The fraction of sp³-hybridized carbons (Fsp3) is 0.533. The molecule has 1 aliphatic carbocycles. The fourth-order valence-electron chi connectivity index (χ4n) is 2.82. The number of hydrogen-bond donors (Lipinski definition) is 2. The summed E-state index contributed by atoms with van der Waals surface area (Å²) in [5.41, 5.74) is 7.81. The van der Waals surface area contributed by atoms with E-state index < -0.39 is 0 Å². The van der Waals surface area contributed by atoms with Crippen molar-refractivity contribution in [1.82, 2.24) is 5.01 Å². The molecule has 2 rings (SSSR count). The Morgan fingerprint density at radius 3 is 2.55 bits per heavy atom. The van der Waals surface area contributed by atoms with Crippen molar-refractivity contribution in [3.8, 4) is 0 Å². The fourth-order valence-corrected chi connectivity index (χ4v) is 4.14. The van der Waals surface area contributed by atoms with Crippen LogP contribution in [0.25, 0.3) is 0 Å². The highest BCUT2D eigenvalue weighted by Gasteiger charge is 2.26. The highest BCUT2D eigenvalue weighted by molar-refractivity contribution is 9.11. The zero-order valence-electron chi connectivity index (χ0n) is 12.5. The SMILES string of the molecule is CC(=O)OC1CCC(N(N)Cc2cc(Br)cc(Br)c2N)CC1. The second-order valence-corrected chi connectivity index (χ2v) is 7.44. The molecule has 122 valence electrons. The van der Waals surface area contributed by atoms with Crippen LogP contribution >= 0.6 is 31.9 Å². The molecule has 7 heteroatoms. The summed E-state index contributed by atoms with van der Waals surface area (Å²) in [6, 6.07) is 4.19. The molecule has 0 aromatic heterocycles. The van der Waals surface area contributed by atoms with Gasteiger partial charge in [-0.25, -0.2) is 5.01 Å². The smallest absolute Gasteiger partial charge is 0.302 e. The van der Waals surface area contributed by atoms with Gasteiger partial charge in [0.05, 0.1) is 5.69 Å². The number of esters is 1. The van der Waals surface area contributed by atoms with Gasteiger partial charge in [0.2, 0.25) is 0 Å². The molecular weight excluding hydrogens is 414 g/mol. The van der Waals surface area contributed by atoms with Crippen LogP contribution in [0.5, 0.6) is 0 Å². The largest absolute Gasteiger partial charge is 0.463 e. The van der Waals surface area contributed by atoms with Crippen LogP contribution in [-0.2, 0) is 16.1 Å². The molecule has 1 aromatic rings. The van der Waals surface area contributed by atoms with Crippen LogP contribution in [-0.4, -0.2) is 23.1 Å². The second-order valence-electron chi connectivity index (χ2n) is 5.67. The molecule has 1 aromatic carbocycles. The lowest BCUT2D eigenvalue weighted by atomic mass is 9.92. The van der Waals surface area contributed by atoms with Crippen molar-refractivity contribution in [3.05, 3.63) is 26.6 Å². The summed E-state index contributed by atoms with van der Waals surface area (Å²) in [6.45, 7) is 2.04. The number of carbonyl (C=O) groups is 1. The van der Waals surface area contributed by atoms with E-state index in [9.17, 15) is 4.79 Å². The summed E-state index contributed by atoms with van der Waals surface area (Å²) in [6.07, 6.45) is 3.59. The minimum absolute atomic E-state index is 0.0345. The third kappa shape index (κ3) is 4.68. The van der Waals surface area contributed by atoms with Crippen molar-refractivity contribution in [3.63, 3.8) is 0 Å². The van der Waals surface area contributed by atoms with E-state index in [0.717, 1.165) is 40.2 Å². The monoisotopic (exact) mass is 433 g/mol. The summed E-state index contributed by atoms with van der Waals surface area (Å²) in [5.74, 6) is 6.03. The first kappa shape index (κ1) is 17.7. The van der Waals surface area contributed by atoms with Crippen molar-refractivity contribution in [2.24, 2.45) is 5.84 Å². The van der Waals surface area contributed by atoms with Gasteiger partial charge in [-0.05, 0) is 59.3 Å². The van der Waals surface area contributed by atoms with Crippen LogP contribution < -0.4 is 11.6 Å². The average molecular weight is 435 g/mol. The maximum absolute atomic E-state index is 11.0. The van der Waals surface area contributed by atoms with Gasteiger partial charge in [-0.2, -0.15) is 0 Å². The molecule has 0 bridgehead atoms. The molecule has 0 atom stereocenters. The summed E-state index contributed by atoms with van der Waals surface area (Å²) in [4.78, 5) is 11.0. The van der Waals surface area contributed by atoms with E-state index in [1.165, 1.54) is 6.92 Å². The van der Waals surface area contributed by atoms with Crippen molar-refractivity contribution < 1.29 is 9.53 Å². The first-order valence-electron chi connectivity index (χ1n) is 7.28. The van der Waals surface area contributed by atoms with Gasteiger partial charge < -0.3 is 10.5 Å². The summed E-state index contributed by atoms with van der Waals surface area (Å²) < 4.78 is 7.09. The minimum Gasteiger partial charge on any atom is -0.463 e. The zero-order valence-corrected chi connectivity index (χ0v) is 15.7. The molecule has 0 unspecified atom stereocenters. The van der Waals surface area contributed by atoms with E-state index in [1.807, 2.05) is 17.1 Å². The molecule has 0 heterocycles. The van der Waals surface area contributed by atoms with Crippen LogP contribution in [0.1, 0.15) is 38.2 Å². The summed E-state index contributed by atoms with van der Waals surface area (Å²) >= 11 is 6.92. The van der Waals surface area contributed by atoms with Gasteiger partial charge in [0, 0.05) is 28.5 Å². The lowest BCUT2D eigenvalue weighted by molar-refractivity contribution is -0.148. The molecule has 0 amide bonds. The molecule has 0 aliphatic heterocycles. The normalized spacial score (nSPS) is 21.9. The standard InChI is InChI=1S/C15H21Br2N3O2/c1-9(21)22-13-4-2-12(3-5-13)20(19)8-10-6-11(16)7-14(17)15(10)18/h6-7,12-13H,2-5,8,18-19H2,1H3. The number of nitrogen functional groups attached to an aromatic ring is 1. The third-order valence-corrected chi connectivity index (χ3v) is 5.09. The summed E-state index contributed by atoms with van der Waals surface area (Å²) in [5, 5.41) is 1.84. The third-order valence-electron chi connectivity index (χ3n) is 3.98. The Balaban J connectivity index is 1.94. The van der Waals surface area contributed by atoms with Crippen LogP contribution in [0.2, 0.25) is 0 Å². The number of hydrogen-bond acceptors (Lipinski definition) is 5. The lowest BCUT2D eigenvalue weighted by Crippen LogP contribution is -2.43. The highest BCUT2D eigenvalue weighted by atomic mass is 79.9. The quantitative estimate of drug-likeness (QED) is 0.328. The maximum atomic E-state index is 11.0. The van der Waals surface area contributed by atoms with Gasteiger partial charge in [-0.1, -0.05) is 15.9 Å². The number of anilines is 1. The minimum atomic E-state index is -0.209. The molecule has 22 heavy (non-hydrogen) atoms. The van der Waals surface area contributed by atoms with E-state index in [0.29, 0.717) is 12.2 Å². The molecule has 0 spiro atoms. The Kier molecular flexibility index (Phi) is 6.26. The number of carbonyl (C=O) groups excluding carboxylic acids is 1. The topological polar surface area (TPSA) is 81.6 Å². The number of halogens is 2. The van der Waals surface area contributed by atoms with E-state index in [2.05, 4.69) is 31.9 Å². The van der Waals surface area contributed by atoms with Gasteiger partial charge in [0.15, 0.2) is 0 Å². The Morgan fingerprint density at radius 1 is 1.32 bits per heavy atom. The first-order valence-corrected chi connectivity index (χ1v) is 8.87. The van der Waals surface area contributed by atoms with Gasteiger partial charge >= 0.3 is 5.97 Å². The lowest BCUT2D eigenvalue weighted by Gasteiger charge is -2.34. The molecule has 0 radical (unpaired) electrons. The Morgan fingerprint density at radius 2 is 1.95 bits per heavy atom. The van der Waals surface area contributed by atoms with Gasteiger partial charge in [-0.3, -0.25) is 10.6 Å². The van der Waals surface area contributed by atoms with Gasteiger partial charge in [0.1, 0.15) is 6.10 Å². The van der Waals surface area contributed by atoms with Crippen molar-refractivity contribution in [2.45, 2.75) is 51.3 Å². The van der Waals surface area contributed by atoms with Crippen LogP contribution in [0, 0.1) is 0 Å². The summed E-state index contributed by atoms with van der Waals surface area (Å²) in [7, 11) is 0. The van der Waals surface area contributed by atoms with Crippen molar-refractivity contribution >= 4 is 43.5 Å². The Hall–Kier alpha value is -0.630. The number of hydrazine groups is 1. The Labute approximate surface area is 147 Å². The van der Waals surface area contributed by atoms with E-state index in [4.69, 9.17) is 16.3 Å². The number of nitrogens with zero attached hydrogens (tertiary/aromatic N) is 1. The first-order chi connectivity index (χ1) is 10.4. The number of nitrogens with two attached hydrogens (primary N) is 2. The number of benzene rings is 1. The average Bonchev–Trinajstić information content (AvgIpc) is 2.44. The number of rotatable bonds is 4. The van der Waals surface area contributed by atoms with Crippen LogP contribution in [0.3, 0.4) is 0 Å². The van der Waals surface area contributed by atoms with Crippen molar-refractivity contribution in [2.75, 3.05) is 5.73 Å². The molecule has 5 nitrogen and oxygen atoms in total. The second kappa shape index (κ2) is 7.77. The van der Waals surface area contributed by atoms with E-state index in [1.54, 1.807) is 0 Å². The Bertz CT molecular complexity index is 546. The van der Waals surface area contributed by atoms with Crippen LogP contribution in [0.15, 0.2) is 21.1 Å². The molecule has 1 fully saturated rings. The van der Waals surface area contributed by atoms with Gasteiger partial charge in [-0.15, -0.1) is 0 Å². The van der Waals surface area contributed by atoms with Crippen LogP contribution in [0.4, 0.5) is 5.69 Å². The molecule has 4 N–H and O–H groups in total.